The van der Waals surface area contributed by atoms with Crippen LogP contribution >= 0.6 is 11.8 Å². The number of hydrogen-bond donors (Lipinski definition) is 0. The first-order chi connectivity index (χ1) is 13.2. The summed E-state index contributed by atoms with van der Waals surface area (Å²) in [6, 6.07) is 12.9. The van der Waals surface area contributed by atoms with E-state index in [0.717, 1.165) is 17.4 Å². The fourth-order valence-electron chi connectivity index (χ4n) is 3.77. The van der Waals surface area contributed by atoms with Gasteiger partial charge in [-0.15, -0.1) is 0 Å². The number of sulfone groups is 1. The highest BCUT2D eigenvalue weighted by Crippen LogP contribution is 2.37. The Hall–Kier alpha value is -1.79. The second kappa shape index (κ2) is 7.23. The third-order valence-corrected chi connectivity index (χ3v) is 8.92. The molecule has 0 spiro atoms. The van der Waals surface area contributed by atoms with E-state index in [1.165, 1.54) is 27.8 Å². The van der Waals surface area contributed by atoms with E-state index in [1.54, 1.807) is 11.8 Å². The van der Waals surface area contributed by atoms with Gasteiger partial charge in [0, 0.05) is 10.9 Å². The number of thioether (sulfide) groups is 1. The van der Waals surface area contributed by atoms with Crippen molar-refractivity contribution in [1.82, 2.24) is 0 Å². The van der Waals surface area contributed by atoms with Gasteiger partial charge in [0.15, 0.2) is 15.0 Å². The maximum absolute atomic E-state index is 11.9. The Labute approximate surface area is 172 Å². The van der Waals surface area contributed by atoms with Crippen molar-refractivity contribution in [3.8, 4) is 0 Å². The van der Waals surface area contributed by atoms with E-state index in [1.807, 2.05) is 0 Å². The van der Waals surface area contributed by atoms with Gasteiger partial charge < -0.3 is 4.90 Å². The highest BCUT2D eigenvalue weighted by Gasteiger charge is 2.44. The third kappa shape index (κ3) is 3.85. The molecule has 1 fully saturated rings. The minimum Gasteiger partial charge on any atom is -0.317 e. The number of rotatable bonds is 3. The molecule has 0 unspecified atom stereocenters. The summed E-state index contributed by atoms with van der Waals surface area (Å²) in [7, 11) is -2.95. The molecule has 28 heavy (non-hydrogen) atoms. The van der Waals surface area contributed by atoms with Crippen molar-refractivity contribution in [2.45, 2.75) is 45.5 Å². The highest BCUT2D eigenvalue weighted by atomic mass is 32.2. The Morgan fingerprint density at radius 2 is 1.75 bits per heavy atom. The van der Waals surface area contributed by atoms with E-state index in [4.69, 9.17) is 4.99 Å². The summed E-state index contributed by atoms with van der Waals surface area (Å²) in [4.78, 5) is 7.10. The van der Waals surface area contributed by atoms with Crippen LogP contribution in [0, 0.1) is 27.7 Å². The Bertz CT molecular complexity index is 1060. The lowest BCUT2D eigenvalue weighted by Gasteiger charge is -2.26. The van der Waals surface area contributed by atoms with Crippen LogP contribution in [-0.2, 0) is 16.4 Å². The fraction of sp³-hybridized carbons (Fsp3) is 0.409. The maximum Gasteiger partial charge on any atom is 0.164 e. The largest absolute Gasteiger partial charge is 0.317 e. The average Bonchev–Trinajstić information content (AvgIpc) is 3.11. The van der Waals surface area contributed by atoms with Gasteiger partial charge in [-0.3, -0.25) is 4.99 Å². The molecule has 0 amide bonds. The molecule has 2 aliphatic heterocycles. The van der Waals surface area contributed by atoms with Gasteiger partial charge in [-0.25, -0.2) is 8.42 Å². The Morgan fingerprint density at radius 3 is 2.46 bits per heavy atom. The maximum atomic E-state index is 11.9. The molecule has 2 atom stereocenters. The van der Waals surface area contributed by atoms with E-state index in [9.17, 15) is 8.42 Å². The van der Waals surface area contributed by atoms with Crippen LogP contribution in [0.2, 0.25) is 0 Å². The van der Waals surface area contributed by atoms with Gasteiger partial charge >= 0.3 is 0 Å². The van der Waals surface area contributed by atoms with Crippen LogP contribution in [0.3, 0.4) is 0 Å². The van der Waals surface area contributed by atoms with Crippen molar-refractivity contribution < 1.29 is 8.42 Å². The standard InChI is InChI=1S/C22H26N2O2S2/c1-14-5-6-16(3)18(9-14)11-24(19-8-7-15(2)17(4)10-19)22-23-20-12-28(25,26)13-21(20)27-22/h5-10,20-21H,11-13H2,1-4H3/t20-,21+/m1/s1. The zero-order valence-corrected chi connectivity index (χ0v) is 18.4. The number of benzene rings is 2. The van der Waals surface area contributed by atoms with E-state index in [2.05, 4.69) is 69.0 Å². The number of aliphatic imine (C=N–C) groups is 1. The van der Waals surface area contributed by atoms with Crippen molar-refractivity contribution in [2.75, 3.05) is 16.4 Å². The molecule has 0 radical (unpaired) electrons. The molecule has 148 valence electrons. The lowest BCUT2D eigenvalue weighted by molar-refractivity contribution is 0.601. The van der Waals surface area contributed by atoms with Gasteiger partial charge in [0.25, 0.3) is 0 Å². The molecule has 2 aromatic rings. The third-order valence-electron chi connectivity index (χ3n) is 5.67. The quantitative estimate of drug-likeness (QED) is 0.755. The first-order valence-corrected chi connectivity index (χ1v) is 12.3. The molecule has 2 aromatic carbocycles. The lowest BCUT2D eigenvalue weighted by Crippen LogP contribution is -2.28. The summed E-state index contributed by atoms with van der Waals surface area (Å²) < 4.78 is 23.9. The van der Waals surface area contributed by atoms with E-state index >= 15 is 0 Å². The molecule has 0 N–H and O–H groups in total. The summed E-state index contributed by atoms with van der Waals surface area (Å²) in [6.07, 6.45) is 0. The molecule has 2 heterocycles. The molecule has 4 nitrogen and oxygen atoms in total. The topological polar surface area (TPSA) is 49.7 Å². The van der Waals surface area contributed by atoms with Crippen molar-refractivity contribution in [2.24, 2.45) is 4.99 Å². The summed E-state index contributed by atoms with van der Waals surface area (Å²) in [5.74, 6) is 0.415. The van der Waals surface area contributed by atoms with Crippen LogP contribution in [0.15, 0.2) is 41.4 Å². The average molecular weight is 415 g/mol. The molecular weight excluding hydrogens is 388 g/mol. The van der Waals surface area contributed by atoms with Crippen LogP contribution in [0.5, 0.6) is 0 Å². The van der Waals surface area contributed by atoms with Crippen molar-refractivity contribution in [1.29, 1.82) is 0 Å². The number of hydrogen-bond acceptors (Lipinski definition) is 5. The molecule has 2 aliphatic rings. The molecule has 0 aromatic heterocycles. The molecule has 0 bridgehead atoms. The lowest BCUT2D eigenvalue weighted by atomic mass is 10.0. The SMILES string of the molecule is Cc1ccc(C)c(CN(C2=N[C@@H]3CS(=O)(=O)C[C@@H]3S2)c2ccc(C)c(C)c2)c1. The number of nitrogens with zero attached hydrogens (tertiary/aromatic N) is 2. The Kier molecular flexibility index (Phi) is 5.04. The number of amidine groups is 1. The molecule has 0 saturated carbocycles. The molecule has 4 rings (SSSR count). The predicted octanol–water partition coefficient (Wildman–Crippen LogP) is 4.20. The van der Waals surface area contributed by atoms with Crippen LogP contribution in [-0.4, -0.2) is 36.4 Å². The van der Waals surface area contributed by atoms with Crippen LogP contribution in [0.25, 0.3) is 0 Å². The minimum atomic E-state index is -2.95. The normalized spacial score (nSPS) is 22.8. The van der Waals surface area contributed by atoms with E-state index in [0.29, 0.717) is 0 Å². The predicted molar refractivity (Wildman–Crippen MR) is 119 cm³/mol. The summed E-state index contributed by atoms with van der Waals surface area (Å²) >= 11 is 1.62. The van der Waals surface area contributed by atoms with Gasteiger partial charge in [-0.05, 0) is 62.1 Å². The smallest absolute Gasteiger partial charge is 0.164 e. The van der Waals surface area contributed by atoms with Crippen molar-refractivity contribution in [3.05, 3.63) is 64.2 Å². The van der Waals surface area contributed by atoms with Gasteiger partial charge in [0.1, 0.15) is 0 Å². The second-order valence-electron chi connectivity index (χ2n) is 8.00. The first kappa shape index (κ1) is 19.5. The van der Waals surface area contributed by atoms with Crippen LogP contribution < -0.4 is 4.90 Å². The van der Waals surface area contributed by atoms with E-state index < -0.39 is 9.84 Å². The van der Waals surface area contributed by atoms with Gasteiger partial charge in [0.05, 0.1) is 24.1 Å². The summed E-state index contributed by atoms with van der Waals surface area (Å²) in [5, 5.41) is 0.988. The van der Waals surface area contributed by atoms with Gasteiger partial charge in [-0.2, -0.15) is 0 Å². The number of fused-ring (bicyclic) bond motifs is 1. The zero-order chi connectivity index (χ0) is 20.1. The fourth-order valence-corrected chi connectivity index (χ4v) is 7.56. The van der Waals surface area contributed by atoms with Crippen molar-refractivity contribution >= 4 is 32.5 Å². The molecule has 0 aliphatic carbocycles. The zero-order valence-electron chi connectivity index (χ0n) is 16.8. The van der Waals surface area contributed by atoms with Gasteiger partial charge in [0.2, 0.25) is 0 Å². The van der Waals surface area contributed by atoms with Gasteiger partial charge in [-0.1, -0.05) is 41.6 Å². The second-order valence-corrected chi connectivity index (χ2v) is 11.4. The van der Waals surface area contributed by atoms with E-state index in [-0.39, 0.29) is 22.8 Å². The summed E-state index contributed by atoms with van der Waals surface area (Å²) in [6.45, 7) is 9.22. The van der Waals surface area contributed by atoms with Crippen LogP contribution in [0.4, 0.5) is 5.69 Å². The van der Waals surface area contributed by atoms with Crippen LogP contribution in [0.1, 0.15) is 27.8 Å². The summed E-state index contributed by atoms with van der Waals surface area (Å²) in [5.41, 5.74) is 7.38. The number of anilines is 1. The highest BCUT2D eigenvalue weighted by molar-refractivity contribution is 8.15. The molecule has 6 heteroatoms. The Balaban J connectivity index is 1.72. The monoisotopic (exact) mass is 414 g/mol. The molecule has 1 saturated heterocycles. The first-order valence-electron chi connectivity index (χ1n) is 9.58. The molecular formula is C22H26N2O2S2. The minimum absolute atomic E-state index is 0.0488. The van der Waals surface area contributed by atoms with Crippen molar-refractivity contribution in [3.63, 3.8) is 0 Å². The Morgan fingerprint density at radius 1 is 1.00 bits per heavy atom. The number of aryl methyl sites for hydroxylation is 4.